The molecule has 1 heterocycles. The third-order valence-electron chi connectivity index (χ3n) is 6.52. The zero-order valence-electron chi connectivity index (χ0n) is 22.4. The molecular formula is C29H39N7O3. The number of rotatable bonds is 13. The Hall–Kier alpha value is -3.99. The lowest BCUT2D eigenvalue weighted by atomic mass is 10.0. The van der Waals surface area contributed by atoms with E-state index >= 15 is 0 Å². The van der Waals surface area contributed by atoms with Gasteiger partial charge in [-0.3, -0.25) is 0 Å². The number of hydrogen-bond donors (Lipinski definition) is 6. The first-order valence-electron chi connectivity index (χ1n) is 13.2. The van der Waals surface area contributed by atoms with Gasteiger partial charge in [0, 0.05) is 68.4 Å². The predicted molar refractivity (Wildman–Crippen MR) is 158 cm³/mol. The van der Waals surface area contributed by atoms with E-state index in [-0.39, 0.29) is 19.0 Å². The summed E-state index contributed by atoms with van der Waals surface area (Å²) in [6, 6.07) is 15.0. The summed E-state index contributed by atoms with van der Waals surface area (Å²) >= 11 is 0. The summed E-state index contributed by atoms with van der Waals surface area (Å²) in [6.45, 7) is 3.73. The van der Waals surface area contributed by atoms with Crippen LogP contribution in [0.5, 0.6) is 0 Å². The van der Waals surface area contributed by atoms with E-state index in [0.29, 0.717) is 24.5 Å². The van der Waals surface area contributed by atoms with Gasteiger partial charge in [-0.1, -0.05) is 0 Å². The SMILES string of the molecule is CN1C=CN(CCCNc2ccc(N=C3C=C(Nc4ccc(N(CCO)CCO)cc4)C(N)C=C3O)cc2)C1. The minimum absolute atomic E-state index is 0.00789. The molecule has 10 nitrogen and oxygen atoms in total. The Morgan fingerprint density at radius 2 is 1.69 bits per heavy atom. The van der Waals surface area contributed by atoms with Gasteiger partial charge in [-0.2, -0.15) is 0 Å². The number of nitrogens with zero attached hydrogens (tertiary/aromatic N) is 4. The van der Waals surface area contributed by atoms with Crippen molar-refractivity contribution in [2.45, 2.75) is 12.5 Å². The van der Waals surface area contributed by atoms with Crippen LogP contribution < -0.4 is 21.3 Å². The van der Waals surface area contributed by atoms with E-state index in [9.17, 15) is 15.3 Å². The van der Waals surface area contributed by atoms with E-state index in [4.69, 9.17) is 5.73 Å². The zero-order chi connectivity index (χ0) is 27.6. The number of nitrogens with two attached hydrogens (primary N) is 1. The molecule has 10 heteroatoms. The fraction of sp³-hybridized carbons (Fsp3) is 0.345. The molecule has 0 saturated carbocycles. The number of benzene rings is 2. The summed E-state index contributed by atoms with van der Waals surface area (Å²) < 4.78 is 0. The van der Waals surface area contributed by atoms with E-state index < -0.39 is 6.04 Å². The van der Waals surface area contributed by atoms with Gasteiger partial charge < -0.3 is 46.4 Å². The zero-order valence-corrected chi connectivity index (χ0v) is 22.4. The van der Waals surface area contributed by atoms with Gasteiger partial charge in [0.2, 0.25) is 0 Å². The lowest BCUT2D eigenvalue weighted by molar-refractivity contribution is 0.281. The van der Waals surface area contributed by atoms with Crippen LogP contribution in [-0.4, -0.2) is 90.0 Å². The Kier molecular flexibility index (Phi) is 9.85. The van der Waals surface area contributed by atoms with Gasteiger partial charge in [0.1, 0.15) is 11.5 Å². The second kappa shape index (κ2) is 13.7. The number of allylic oxidation sites excluding steroid dienone is 1. The number of aliphatic hydroxyl groups is 3. The summed E-state index contributed by atoms with van der Waals surface area (Å²) in [7, 11) is 2.07. The summed E-state index contributed by atoms with van der Waals surface area (Å²) in [6.07, 6.45) is 8.57. The van der Waals surface area contributed by atoms with Gasteiger partial charge in [-0.25, -0.2) is 4.99 Å². The molecule has 0 aromatic heterocycles. The fourth-order valence-corrected chi connectivity index (χ4v) is 4.45. The highest BCUT2D eigenvalue weighted by molar-refractivity contribution is 6.09. The van der Waals surface area contributed by atoms with Crippen LogP contribution in [0.15, 0.2) is 89.5 Å². The van der Waals surface area contributed by atoms with E-state index in [1.807, 2.05) is 53.4 Å². The van der Waals surface area contributed by atoms with Crippen molar-refractivity contribution in [3.63, 3.8) is 0 Å². The number of nitrogens with one attached hydrogen (secondary N) is 2. The maximum absolute atomic E-state index is 10.5. The molecule has 1 unspecified atom stereocenters. The Morgan fingerprint density at radius 1 is 1.00 bits per heavy atom. The van der Waals surface area contributed by atoms with E-state index in [1.165, 1.54) is 0 Å². The van der Waals surface area contributed by atoms with Crippen LogP contribution in [0.1, 0.15) is 6.42 Å². The van der Waals surface area contributed by atoms with Crippen molar-refractivity contribution in [2.24, 2.45) is 10.7 Å². The Labute approximate surface area is 230 Å². The van der Waals surface area contributed by atoms with E-state index in [1.54, 1.807) is 12.2 Å². The average Bonchev–Trinajstić information content (AvgIpc) is 3.35. The summed E-state index contributed by atoms with van der Waals surface area (Å²) in [5.41, 5.74) is 10.9. The van der Waals surface area contributed by atoms with Crippen LogP contribution in [0.25, 0.3) is 0 Å². The van der Waals surface area contributed by atoms with Crippen molar-refractivity contribution in [1.82, 2.24) is 9.80 Å². The van der Waals surface area contributed by atoms with Gasteiger partial charge in [-0.05, 0) is 67.1 Å². The molecule has 4 rings (SSSR count). The molecule has 2 aromatic rings. The first-order chi connectivity index (χ1) is 18.9. The van der Waals surface area contributed by atoms with Crippen LogP contribution in [0, 0.1) is 0 Å². The minimum atomic E-state index is -0.507. The molecule has 208 valence electrons. The van der Waals surface area contributed by atoms with Crippen molar-refractivity contribution in [2.75, 3.05) is 68.6 Å². The maximum atomic E-state index is 10.5. The first kappa shape index (κ1) is 28.0. The Balaban J connectivity index is 1.35. The molecule has 1 aliphatic heterocycles. The summed E-state index contributed by atoms with van der Waals surface area (Å²) in [4.78, 5) is 11.0. The highest BCUT2D eigenvalue weighted by atomic mass is 16.3. The summed E-state index contributed by atoms with van der Waals surface area (Å²) in [5, 5.41) is 35.8. The Bertz CT molecular complexity index is 1190. The highest BCUT2D eigenvalue weighted by Gasteiger charge is 2.18. The normalized spacial score (nSPS) is 17.8. The van der Waals surface area contributed by atoms with Gasteiger partial charge in [0.25, 0.3) is 0 Å². The molecule has 0 bridgehead atoms. The molecule has 39 heavy (non-hydrogen) atoms. The second-order valence-corrected chi connectivity index (χ2v) is 9.62. The van der Waals surface area contributed by atoms with Crippen molar-refractivity contribution < 1.29 is 15.3 Å². The quantitative estimate of drug-likeness (QED) is 0.215. The predicted octanol–water partition coefficient (Wildman–Crippen LogP) is 2.81. The van der Waals surface area contributed by atoms with Crippen LogP contribution in [0.3, 0.4) is 0 Å². The number of anilines is 3. The van der Waals surface area contributed by atoms with E-state index in [0.717, 1.165) is 48.9 Å². The molecular weight excluding hydrogens is 494 g/mol. The monoisotopic (exact) mass is 533 g/mol. The van der Waals surface area contributed by atoms with Crippen molar-refractivity contribution in [3.05, 3.63) is 84.5 Å². The Morgan fingerprint density at radius 3 is 2.33 bits per heavy atom. The van der Waals surface area contributed by atoms with Crippen LogP contribution >= 0.6 is 0 Å². The maximum Gasteiger partial charge on any atom is 0.139 e. The van der Waals surface area contributed by atoms with Crippen LogP contribution in [0.2, 0.25) is 0 Å². The second-order valence-electron chi connectivity index (χ2n) is 9.62. The number of aliphatic hydroxyl groups excluding tert-OH is 3. The molecule has 0 saturated heterocycles. The summed E-state index contributed by atoms with van der Waals surface area (Å²) in [5.74, 6) is 0.0378. The lowest BCUT2D eigenvalue weighted by Crippen LogP contribution is -2.30. The molecule has 2 aromatic carbocycles. The van der Waals surface area contributed by atoms with Crippen molar-refractivity contribution in [1.29, 1.82) is 0 Å². The molecule has 1 atom stereocenters. The lowest BCUT2D eigenvalue weighted by Gasteiger charge is -2.24. The van der Waals surface area contributed by atoms with Crippen LogP contribution in [0.4, 0.5) is 22.7 Å². The van der Waals surface area contributed by atoms with Gasteiger partial charge in [0.15, 0.2) is 0 Å². The fourth-order valence-electron chi connectivity index (χ4n) is 4.45. The molecule has 7 N–H and O–H groups in total. The van der Waals surface area contributed by atoms with E-state index in [2.05, 4.69) is 44.9 Å². The van der Waals surface area contributed by atoms with Gasteiger partial charge in [-0.15, -0.1) is 0 Å². The van der Waals surface area contributed by atoms with Crippen molar-refractivity contribution in [3.8, 4) is 0 Å². The molecule has 2 aliphatic rings. The molecule has 0 radical (unpaired) electrons. The standard InChI is InChI=1S/C29H39N7O3/c1-34-13-14-35(21-34)12-2-11-31-22-3-5-23(6-4-22)33-28-20-27(26(30)19-29(28)39)32-24-7-9-25(10-8-24)36(15-17-37)16-18-38/h3-10,13-14,19-20,26,31-32,37-39H,2,11-12,15-18,21,30H2,1H3. The van der Waals surface area contributed by atoms with Crippen LogP contribution in [-0.2, 0) is 0 Å². The smallest absolute Gasteiger partial charge is 0.139 e. The number of aliphatic imine (C=N–C) groups is 1. The molecule has 0 amide bonds. The first-order valence-corrected chi connectivity index (χ1v) is 13.2. The highest BCUT2D eigenvalue weighted by Crippen LogP contribution is 2.23. The average molecular weight is 534 g/mol. The largest absolute Gasteiger partial charge is 0.506 e. The topological polar surface area (TPSA) is 133 Å². The van der Waals surface area contributed by atoms with Gasteiger partial charge >= 0.3 is 0 Å². The number of hydrogen-bond acceptors (Lipinski definition) is 10. The van der Waals surface area contributed by atoms with Gasteiger partial charge in [0.05, 0.1) is 31.6 Å². The molecule has 0 fully saturated rings. The van der Waals surface area contributed by atoms with Crippen molar-refractivity contribution >= 4 is 28.5 Å². The molecule has 1 aliphatic carbocycles. The molecule has 0 spiro atoms. The minimum Gasteiger partial charge on any atom is -0.506 e. The third-order valence-corrected chi connectivity index (χ3v) is 6.52. The third kappa shape index (κ3) is 8.00.